The standard InChI is InChI=1S/C27H32ClN3O2/c1-4-23-25(27(33)29-22-11-7-8-12-24(22)32)30-26(20-9-5-6-10-21(20)28)31(23)19-15-13-18(14-16-19)17(2)3/h5-6,9-10,13-17,22,24,32H,4,7-8,11-12H2,1-3H3,(H,29,33)/t22-,24-/m0/s1. The summed E-state index contributed by atoms with van der Waals surface area (Å²) in [5.74, 6) is 0.825. The first-order valence-corrected chi connectivity index (χ1v) is 12.2. The van der Waals surface area contributed by atoms with Crippen molar-refractivity contribution in [3.8, 4) is 17.1 Å². The molecule has 2 aromatic carbocycles. The van der Waals surface area contributed by atoms with Gasteiger partial charge in [0.1, 0.15) is 11.5 Å². The molecule has 1 saturated carbocycles. The van der Waals surface area contributed by atoms with Crippen LogP contribution in [-0.2, 0) is 6.42 Å². The Hall–Kier alpha value is -2.63. The Morgan fingerprint density at radius 2 is 1.85 bits per heavy atom. The van der Waals surface area contributed by atoms with Gasteiger partial charge in [-0.15, -0.1) is 0 Å². The van der Waals surface area contributed by atoms with Crippen LogP contribution in [0, 0.1) is 0 Å². The maximum atomic E-state index is 13.4. The molecule has 1 amide bonds. The highest BCUT2D eigenvalue weighted by atomic mass is 35.5. The van der Waals surface area contributed by atoms with Gasteiger partial charge in [-0.1, -0.05) is 69.5 Å². The van der Waals surface area contributed by atoms with Gasteiger partial charge >= 0.3 is 0 Å². The zero-order valence-electron chi connectivity index (χ0n) is 19.5. The number of hydrogen-bond donors (Lipinski definition) is 2. The Balaban J connectivity index is 1.82. The van der Waals surface area contributed by atoms with Crippen molar-refractivity contribution in [2.24, 2.45) is 0 Å². The minimum absolute atomic E-state index is 0.241. The van der Waals surface area contributed by atoms with E-state index >= 15 is 0 Å². The zero-order valence-corrected chi connectivity index (χ0v) is 20.3. The molecule has 0 unspecified atom stereocenters. The SMILES string of the molecule is CCc1c(C(=O)N[C@H]2CCCC[C@@H]2O)nc(-c2ccccc2Cl)n1-c1ccc(C(C)C)cc1. The van der Waals surface area contributed by atoms with Crippen molar-refractivity contribution < 1.29 is 9.90 Å². The third-order valence-electron chi connectivity index (χ3n) is 6.50. The molecule has 0 spiro atoms. The number of hydrogen-bond acceptors (Lipinski definition) is 3. The third kappa shape index (κ3) is 4.85. The first kappa shape index (κ1) is 23.5. The molecule has 1 fully saturated rings. The lowest BCUT2D eigenvalue weighted by Gasteiger charge is -2.28. The molecular weight excluding hydrogens is 434 g/mol. The molecule has 6 heteroatoms. The van der Waals surface area contributed by atoms with Crippen LogP contribution < -0.4 is 5.32 Å². The number of aromatic nitrogens is 2. The fourth-order valence-corrected chi connectivity index (χ4v) is 4.81. The molecule has 1 aliphatic carbocycles. The number of benzene rings is 2. The maximum Gasteiger partial charge on any atom is 0.272 e. The summed E-state index contributed by atoms with van der Waals surface area (Å²) in [7, 11) is 0. The van der Waals surface area contributed by atoms with Crippen molar-refractivity contribution >= 4 is 17.5 Å². The lowest BCUT2D eigenvalue weighted by atomic mass is 9.92. The van der Waals surface area contributed by atoms with E-state index in [1.165, 1.54) is 5.56 Å². The highest BCUT2D eigenvalue weighted by Gasteiger charge is 2.29. The van der Waals surface area contributed by atoms with E-state index < -0.39 is 6.10 Å². The summed E-state index contributed by atoms with van der Waals surface area (Å²) in [4.78, 5) is 18.2. The van der Waals surface area contributed by atoms with Gasteiger partial charge in [0.05, 0.1) is 22.9 Å². The molecule has 1 aliphatic rings. The molecule has 174 valence electrons. The van der Waals surface area contributed by atoms with Gasteiger partial charge in [0.15, 0.2) is 0 Å². The predicted octanol–water partition coefficient (Wildman–Crippen LogP) is 5.91. The molecule has 0 aliphatic heterocycles. The van der Waals surface area contributed by atoms with Gasteiger partial charge in [-0.3, -0.25) is 9.36 Å². The number of amides is 1. The Labute approximate surface area is 200 Å². The molecule has 3 aromatic rings. The Kier molecular flexibility index (Phi) is 7.20. The summed E-state index contributed by atoms with van der Waals surface area (Å²) in [5.41, 5.74) is 4.18. The number of halogens is 1. The highest BCUT2D eigenvalue weighted by molar-refractivity contribution is 6.33. The Bertz CT molecular complexity index is 1120. The molecule has 0 radical (unpaired) electrons. The van der Waals surface area contributed by atoms with Crippen LogP contribution in [-0.4, -0.2) is 32.7 Å². The minimum atomic E-state index is -0.513. The van der Waals surface area contributed by atoms with Gasteiger partial charge in [0.25, 0.3) is 5.91 Å². The number of aliphatic hydroxyl groups is 1. The number of imidazole rings is 1. The molecule has 1 aromatic heterocycles. The summed E-state index contributed by atoms with van der Waals surface area (Å²) in [6.45, 7) is 6.36. The van der Waals surface area contributed by atoms with Crippen LogP contribution in [0.1, 0.15) is 74.1 Å². The van der Waals surface area contributed by atoms with Crippen molar-refractivity contribution in [1.29, 1.82) is 0 Å². The summed E-state index contributed by atoms with van der Waals surface area (Å²) < 4.78 is 2.04. The first-order valence-electron chi connectivity index (χ1n) is 11.9. The molecule has 4 rings (SSSR count). The molecule has 2 atom stereocenters. The predicted molar refractivity (Wildman–Crippen MR) is 133 cm³/mol. The van der Waals surface area contributed by atoms with E-state index in [4.69, 9.17) is 16.6 Å². The number of carbonyl (C=O) groups is 1. The summed E-state index contributed by atoms with van der Waals surface area (Å²) >= 11 is 6.56. The van der Waals surface area contributed by atoms with Gasteiger partial charge < -0.3 is 10.4 Å². The maximum absolute atomic E-state index is 13.4. The van der Waals surface area contributed by atoms with Crippen molar-refractivity contribution in [2.75, 3.05) is 0 Å². The van der Waals surface area contributed by atoms with Gasteiger partial charge in [0, 0.05) is 11.3 Å². The smallest absolute Gasteiger partial charge is 0.272 e. The van der Waals surface area contributed by atoms with Crippen molar-refractivity contribution in [1.82, 2.24) is 14.9 Å². The minimum Gasteiger partial charge on any atom is -0.391 e. The van der Waals surface area contributed by atoms with Crippen molar-refractivity contribution in [2.45, 2.75) is 70.9 Å². The molecule has 0 saturated heterocycles. The van der Waals surface area contributed by atoms with Gasteiger partial charge in [-0.2, -0.15) is 0 Å². The molecule has 5 nitrogen and oxygen atoms in total. The lowest BCUT2D eigenvalue weighted by molar-refractivity contribution is 0.0713. The summed E-state index contributed by atoms with van der Waals surface area (Å²) in [6.07, 6.45) is 3.60. The highest BCUT2D eigenvalue weighted by Crippen LogP contribution is 2.32. The summed E-state index contributed by atoms with van der Waals surface area (Å²) in [5, 5.41) is 14.0. The van der Waals surface area contributed by atoms with E-state index in [-0.39, 0.29) is 11.9 Å². The Morgan fingerprint density at radius 1 is 1.15 bits per heavy atom. The van der Waals surface area contributed by atoms with Crippen molar-refractivity contribution in [3.05, 3.63) is 70.5 Å². The van der Waals surface area contributed by atoms with E-state index in [1.54, 1.807) is 0 Å². The van der Waals surface area contributed by atoms with Crippen molar-refractivity contribution in [3.63, 3.8) is 0 Å². The molecular formula is C27H32ClN3O2. The fraction of sp³-hybridized carbons (Fsp3) is 0.407. The average Bonchev–Trinajstić information content (AvgIpc) is 3.20. The average molecular weight is 466 g/mol. The summed E-state index contributed by atoms with van der Waals surface area (Å²) in [6, 6.07) is 15.7. The topological polar surface area (TPSA) is 67.2 Å². The number of nitrogens with one attached hydrogen (secondary N) is 1. The monoisotopic (exact) mass is 465 g/mol. The Morgan fingerprint density at radius 3 is 2.48 bits per heavy atom. The number of aliphatic hydroxyl groups excluding tert-OH is 1. The van der Waals surface area contributed by atoms with Crippen LogP contribution in [0.2, 0.25) is 5.02 Å². The third-order valence-corrected chi connectivity index (χ3v) is 6.83. The molecule has 2 N–H and O–H groups in total. The van der Waals surface area contributed by atoms with Crippen LogP contribution in [0.3, 0.4) is 0 Å². The van der Waals surface area contributed by atoms with Gasteiger partial charge in [-0.25, -0.2) is 4.98 Å². The second-order valence-electron chi connectivity index (χ2n) is 9.08. The number of rotatable bonds is 6. The number of carbonyl (C=O) groups excluding carboxylic acids is 1. The van der Waals surface area contributed by atoms with Crippen LogP contribution in [0.5, 0.6) is 0 Å². The van der Waals surface area contributed by atoms with Crippen LogP contribution in [0.4, 0.5) is 0 Å². The quantitative estimate of drug-likeness (QED) is 0.475. The largest absolute Gasteiger partial charge is 0.391 e. The molecule has 1 heterocycles. The van der Waals surface area contributed by atoms with Gasteiger partial charge in [-0.05, 0) is 55.0 Å². The van der Waals surface area contributed by atoms with E-state index in [9.17, 15) is 9.90 Å². The zero-order chi connectivity index (χ0) is 23.5. The molecule has 33 heavy (non-hydrogen) atoms. The lowest BCUT2D eigenvalue weighted by Crippen LogP contribution is -2.45. The second kappa shape index (κ2) is 10.1. The van der Waals surface area contributed by atoms with Crippen LogP contribution in [0.15, 0.2) is 48.5 Å². The van der Waals surface area contributed by atoms with E-state index in [0.29, 0.717) is 35.3 Å². The van der Waals surface area contributed by atoms with E-state index in [0.717, 1.165) is 36.2 Å². The van der Waals surface area contributed by atoms with E-state index in [1.807, 2.05) is 35.8 Å². The van der Waals surface area contributed by atoms with Crippen LogP contribution >= 0.6 is 11.6 Å². The normalized spacial score (nSPS) is 18.5. The first-order chi connectivity index (χ1) is 15.9. The molecule has 0 bridgehead atoms. The second-order valence-corrected chi connectivity index (χ2v) is 9.48. The van der Waals surface area contributed by atoms with E-state index in [2.05, 4.69) is 43.4 Å². The fourth-order valence-electron chi connectivity index (χ4n) is 4.59. The number of nitrogens with zero attached hydrogens (tertiary/aromatic N) is 2. The van der Waals surface area contributed by atoms with Crippen LogP contribution in [0.25, 0.3) is 17.1 Å². The van der Waals surface area contributed by atoms with Gasteiger partial charge in [0.2, 0.25) is 0 Å².